The van der Waals surface area contributed by atoms with Gasteiger partial charge < -0.3 is 15.0 Å². The highest BCUT2D eigenvalue weighted by Gasteiger charge is 2.14. The normalized spacial score (nSPS) is 10.3. The van der Waals surface area contributed by atoms with Gasteiger partial charge in [0.05, 0.1) is 4.92 Å². The third-order valence-electron chi connectivity index (χ3n) is 4.67. The van der Waals surface area contributed by atoms with Gasteiger partial charge in [-0.25, -0.2) is 0 Å². The lowest BCUT2D eigenvalue weighted by molar-refractivity contribution is -0.384. The second-order valence-corrected chi connectivity index (χ2v) is 7.33. The Balaban J connectivity index is 1.67. The summed E-state index contributed by atoms with van der Waals surface area (Å²) in [7, 11) is 3.33. The van der Waals surface area contributed by atoms with Crippen molar-refractivity contribution in [1.82, 2.24) is 4.90 Å². The Hall–Kier alpha value is -4.20. The summed E-state index contributed by atoms with van der Waals surface area (Å²) in [5.41, 5.74) is 2.59. The van der Waals surface area contributed by atoms with Gasteiger partial charge in [0.1, 0.15) is 5.75 Å². The van der Waals surface area contributed by atoms with E-state index >= 15 is 0 Å². The van der Waals surface area contributed by atoms with E-state index in [0.717, 1.165) is 5.56 Å². The quantitative estimate of drug-likeness (QED) is 0.429. The van der Waals surface area contributed by atoms with Gasteiger partial charge in [0.15, 0.2) is 6.61 Å². The maximum atomic E-state index is 12.3. The molecule has 0 spiro atoms. The van der Waals surface area contributed by atoms with Crippen LogP contribution in [0.1, 0.15) is 21.5 Å². The van der Waals surface area contributed by atoms with Crippen LogP contribution in [0.2, 0.25) is 0 Å². The van der Waals surface area contributed by atoms with Gasteiger partial charge in [-0.3, -0.25) is 19.7 Å². The van der Waals surface area contributed by atoms with Crippen molar-refractivity contribution in [3.05, 3.63) is 99.6 Å². The molecule has 3 aromatic rings. The number of rotatable bonds is 8. The summed E-state index contributed by atoms with van der Waals surface area (Å²) in [4.78, 5) is 36.5. The van der Waals surface area contributed by atoms with Gasteiger partial charge in [-0.1, -0.05) is 30.3 Å². The van der Waals surface area contributed by atoms with Crippen LogP contribution in [0.4, 0.5) is 11.4 Å². The fourth-order valence-electron chi connectivity index (χ4n) is 3.07. The van der Waals surface area contributed by atoms with Crippen molar-refractivity contribution in [2.45, 2.75) is 6.42 Å². The summed E-state index contributed by atoms with van der Waals surface area (Å²) in [6.45, 7) is -0.266. The van der Waals surface area contributed by atoms with Gasteiger partial charge in [-0.15, -0.1) is 0 Å². The number of carbonyl (C=O) groups excluding carboxylic acids is 2. The largest absolute Gasteiger partial charge is 0.483 e. The Labute approximate surface area is 185 Å². The smallest absolute Gasteiger partial charge is 0.269 e. The summed E-state index contributed by atoms with van der Waals surface area (Å²) in [6, 6.07) is 20.4. The number of hydrogen-bond acceptors (Lipinski definition) is 5. The molecule has 0 bridgehead atoms. The molecule has 8 nitrogen and oxygen atoms in total. The van der Waals surface area contributed by atoms with E-state index in [2.05, 4.69) is 5.32 Å². The van der Waals surface area contributed by atoms with Gasteiger partial charge >= 0.3 is 0 Å². The molecule has 32 heavy (non-hydrogen) atoms. The molecule has 0 heterocycles. The molecular weight excluding hydrogens is 410 g/mol. The second kappa shape index (κ2) is 10.2. The number of nitro groups is 1. The van der Waals surface area contributed by atoms with E-state index in [-0.39, 0.29) is 24.1 Å². The van der Waals surface area contributed by atoms with Crippen LogP contribution in [0.25, 0.3) is 0 Å². The van der Waals surface area contributed by atoms with Crippen molar-refractivity contribution in [2.75, 3.05) is 26.0 Å². The van der Waals surface area contributed by atoms with E-state index in [9.17, 15) is 19.7 Å². The predicted molar refractivity (Wildman–Crippen MR) is 121 cm³/mol. The standard InChI is InChI=1S/C24H23N3O5/c1-26(2)24(29)18-8-10-20(11-9-18)25-23(28)16-32-22-13-12-21(27(30)31)15-19(22)14-17-6-4-3-5-7-17/h3-13,15H,14,16H2,1-2H3,(H,25,28). The number of benzene rings is 3. The lowest BCUT2D eigenvalue weighted by Crippen LogP contribution is -2.22. The van der Waals surface area contributed by atoms with Crippen molar-refractivity contribution in [1.29, 1.82) is 0 Å². The number of nitro benzene ring substituents is 1. The number of non-ortho nitro benzene ring substituents is 1. The fourth-order valence-corrected chi connectivity index (χ4v) is 3.07. The molecule has 0 aliphatic rings. The molecule has 0 radical (unpaired) electrons. The van der Waals surface area contributed by atoms with Crippen molar-refractivity contribution in [3.63, 3.8) is 0 Å². The first-order valence-electron chi connectivity index (χ1n) is 9.89. The fraction of sp³-hybridized carbons (Fsp3) is 0.167. The first-order valence-corrected chi connectivity index (χ1v) is 9.89. The summed E-state index contributed by atoms with van der Waals surface area (Å²) < 4.78 is 5.68. The average molecular weight is 433 g/mol. The SMILES string of the molecule is CN(C)C(=O)c1ccc(NC(=O)COc2ccc([N+](=O)[O-])cc2Cc2ccccc2)cc1. The van der Waals surface area contributed by atoms with Crippen LogP contribution in [0, 0.1) is 10.1 Å². The zero-order valence-corrected chi connectivity index (χ0v) is 17.8. The van der Waals surface area contributed by atoms with Gasteiger partial charge in [-0.2, -0.15) is 0 Å². The van der Waals surface area contributed by atoms with Gasteiger partial charge in [0, 0.05) is 49.5 Å². The summed E-state index contributed by atoms with van der Waals surface area (Å²) in [5.74, 6) is -0.113. The molecule has 0 saturated carbocycles. The summed E-state index contributed by atoms with van der Waals surface area (Å²) >= 11 is 0. The van der Waals surface area contributed by atoms with E-state index in [4.69, 9.17) is 4.74 Å². The molecule has 2 amide bonds. The summed E-state index contributed by atoms with van der Waals surface area (Å²) in [5, 5.41) is 13.9. The number of amides is 2. The van der Waals surface area contributed by atoms with Gasteiger partial charge in [0.25, 0.3) is 17.5 Å². The molecule has 0 atom stereocenters. The molecular formula is C24H23N3O5. The molecule has 1 N–H and O–H groups in total. The Morgan fingerprint density at radius 1 is 1.00 bits per heavy atom. The maximum absolute atomic E-state index is 12.3. The highest BCUT2D eigenvalue weighted by molar-refractivity contribution is 5.95. The van der Waals surface area contributed by atoms with Crippen LogP contribution in [-0.4, -0.2) is 42.3 Å². The van der Waals surface area contributed by atoms with Crippen LogP contribution < -0.4 is 10.1 Å². The van der Waals surface area contributed by atoms with E-state index in [1.807, 2.05) is 30.3 Å². The van der Waals surface area contributed by atoms with Crippen molar-refractivity contribution in [2.24, 2.45) is 0 Å². The van der Waals surface area contributed by atoms with Crippen molar-refractivity contribution >= 4 is 23.2 Å². The third kappa shape index (κ3) is 5.91. The zero-order valence-electron chi connectivity index (χ0n) is 17.8. The van der Waals surface area contributed by atoms with Crippen LogP contribution in [0.3, 0.4) is 0 Å². The van der Waals surface area contributed by atoms with E-state index in [1.165, 1.54) is 23.1 Å². The molecule has 0 aliphatic heterocycles. The highest BCUT2D eigenvalue weighted by Crippen LogP contribution is 2.26. The van der Waals surface area contributed by atoms with Crippen LogP contribution >= 0.6 is 0 Å². The molecule has 0 unspecified atom stereocenters. The molecule has 0 saturated heterocycles. The summed E-state index contributed by atoms with van der Waals surface area (Å²) in [6.07, 6.45) is 0.431. The van der Waals surface area contributed by atoms with E-state index < -0.39 is 4.92 Å². The van der Waals surface area contributed by atoms with Crippen molar-refractivity contribution < 1.29 is 19.2 Å². The number of nitrogens with one attached hydrogen (secondary N) is 1. The average Bonchev–Trinajstić information content (AvgIpc) is 2.78. The molecule has 3 rings (SSSR count). The van der Waals surface area contributed by atoms with Crippen LogP contribution in [0.5, 0.6) is 5.75 Å². The number of anilines is 1. The number of carbonyl (C=O) groups is 2. The first-order chi connectivity index (χ1) is 15.3. The molecule has 0 fully saturated rings. The minimum Gasteiger partial charge on any atom is -0.483 e. The topological polar surface area (TPSA) is 102 Å². The molecule has 3 aromatic carbocycles. The van der Waals surface area contributed by atoms with Crippen LogP contribution in [-0.2, 0) is 11.2 Å². The second-order valence-electron chi connectivity index (χ2n) is 7.33. The predicted octanol–water partition coefficient (Wildman–Crippen LogP) is 3.90. The molecule has 0 aliphatic carbocycles. The Morgan fingerprint density at radius 3 is 2.31 bits per heavy atom. The maximum Gasteiger partial charge on any atom is 0.269 e. The lowest BCUT2D eigenvalue weighted by Gasteiger charge is -2.13. The number of nitrogens with zero attached hydrogens (tertiary/aromatic N) is 2. The Bertz CT molecular complexity index is 1110. The first kappa shape index (κ1) is 22.5. The minimum atomic E-state index is -0.463. The lowest BCUT2D eigenvalue weighted by atomic mass is 10.0. The highest BCUT2D eigenvalue weighted by atomic mass is 16.6. The van der Waals surface area contributed by atoms with Gasteiger partial charge in [0.2, 0.25) is 0 Å². The molecule has 0 aromatic heterocycles. The van der Waals surface area contributed by atoms with Crippen molar-refractivity contribution in [3.8, 4) is 5.75 Å². The third-order valence-corrected chi connectivity index (χ3v) is 4.67. The van der Waals surface area contributed by atoms with Crippen LogP contribution in [0.15, 0.2) is 72.8 Å². The molecule has 8 heteroatoms. The van der Waals surface area contributed by atoms with E-state index in [1.54, 1.807) is 38.4 Å². The number of ether oxygens (including phenoxy) is 1. The minimum absolute atomic E-state index is 0.0416. The monoisotopic (exact) mass is 433 g/mol. The Morgan fingerprint density at radius 2 is 1.69 bits per heavy atom. The molecule has 164 valence electrons. The number of hydrogen-bond donors (Lipinski definition) is 1. The van der Waals surface area contributed by atoms with Gasteiger partial charge in [-0.05, 0) is 35.9 Å². The van der Waals surface area contributed by atoms with E-state index in [0.29, 0.717) is 29.0 Å². The zero-order chi connectivity index (χ0) is 23.1. The Kier molecular flexibility index (Phi) is 7.17.